The van der Waals surface area contributed by atoms with Crippen molar-refractivity contribution in [2.45, 2.75) is 46.3 Å². The van der Waals surface area contributed by atoms with Gasteiger partial charge in [0.1, 0.15) is 5.60 Å². The van der Waals surface area contributed by atoms with E-state index in [-0.39, 0.29) is 27.4 Å². The van der Waals surface area contributed by atoms with Crippen molar-refractivity contribution in [1.29, 1.82) is 0 Å². The molecule has 0 aliphatic rings. The van der Waals surface area contributed by atoms with E-state index in [2.05, 4.69) is 47.9 Å². The zero-order valence-electron chi connectivity index (χ0n) is 28.3. The molecule has 3 N–H and O–H groups in total. The molecule has 48 heavy (non-hydrogen) atoms. The number of nitrogens with one attached hydrogen (secondary N) is 3. The molecule has 14 nitrogen and oxygen atoms in total. The zero-order valence-corrected chi connectivity index (χ0v) is 30.4. The third kappa shape index (κ3) is 11.7. The zero-order chi connectivity index (χ0) is 34.4. The van der Waals surface area contributed by atoms with Gasteiger partial charge in [-0.1, -0.05) is 0 Å². The van der Waals surface area contributed by atoms with Gasteiger partial charge in [0, 0.05) is 6.54 Å². The minimum absolute atomic E-state index is 0.187. The van der Waals surface area contributed by atoms with Crippen molar-refractivity contribution in [1.82, 2.24) is 33.2 Å². The summed E-state index contributed by atoms with van der Waals surface area (Å²) in [6, 6.07) is 9.26. The fourth-order valence-electron chi connectivity index (χ4n) is 4.49. The molecule has 0 aliphatic heterocycles. The molecule has 3 aromatic heterocycles. The number of hydrogen-bond donors (Lipinski definition) is 3. The van der Waals surface area contributed by atoms with Crippen LogP contribution in [0.25, 0.3) is 22.3 Å². The number of fused-ring (bicyclic) bond motifs is 1. The van der Waals surface area contributed by atoms with Gasteiger partial charge >= 0.3 is 191 Å². The van der Waals surface area contributed by atoms with Crippen molar-refractivity contribution in [3.63, 3.8) is 0 Å². The molecule has 0 radical (unpaired) electrons. The van der Waals surface area contributed by atoms with Crippen molar-refractivity contribution in [3.05, 3.63) is 54.5 Å². The van der Waals surface area contributed by atoms with Gasteiger partial charge in [-0.25, -0.2) is 4.79 Å². The average molecular weight is 778 g/mol. The van der Waals surface area contributed by atoms with Gasteiger partial charge in [-0.2, -0.15) is 0 Å². The Bertz CT molecular complexity index is 1600. The maximum atomic E-state index is 12.6. The quantitative estimate of drug-likeness (QED) is 0.0720. The molecule has 0 fully saturated rings. The number of halogens is 1. The number of amides is 2. The number of aromatic nitrogens is 5. The van der Waals surface area contributed by atoms with E-state index in [1.165, 1.54) is 0 Å². The summed E-state index contributed by atoms with van der Waals surface area (Å²) in [5, 5.41) is 14.3. The number of benzene rings is 1. The van der Waals surface area contributed by atoms with E-state index in [9.17, 15) is 9.59 Å². The third-order valence-electron chi connectivity index (χ3n) is 6.64. The standard InChI is InChI=1S/C33H46IN8O6/c1-6-14-41-23-25(22-37-41)28-27-11-15-42(34-5)29(27)40-31(39-28)38-26-9-7-24(8-10-26)30(43)35-12-16-45-18-20-47-21-19-46-17-13-36-32(44)48-33(2,3)4/h7-11,15,22-23H,6,12-14,16-21H2,1-5H3,(H,35,43)(H,36,44)(H,38,39,40)/q-1. The molecule has 0 aliphatic carbocycles. The fourth-order valence-corrected chi connectivity index (χ4v) is 5.80. The Morgan fingerprint density at radius 2 is 1.56 bits per heavy atom. The van der Waals surface area contributed by atoms with E-state index in [0.717, 1.165) is 40.9 Å². The molecule has 15 heteroatoms. The van der Waals surface area contributed by atoms with Crippen LogP contribution in [0.15, 0.2) is 48.9 Å². The Morgan fingerprint density at radius 3 is 2.21 bits per heavy atom. The summed E-state index contributed by atoms with van der Waals surface area (Å²) in [7, 11) is 0. The molecule has 262 valence electrons. The van der Waals surface area contributed by atoms with Crippen molar-refractivity contribution < 1.29 is 50.0 Å². The van der Waals surface area contributed by atoms with Gasteiger partial charge in [0.05, 0.1) is 39.6 Å². The molecule has 1 aromatic carbocycles. The Morgan fingerprint density at radius 1 is 0.896 bits per heavy atom. The van der Waals surface area contributed by atoms with E-state index in [1.807, 2.05) is 50.0 Å². The Hall–Kier alpha value is -3.80. The van der Waals surface area contributed by atoms with Crippen LogP contribution in [0.5, 0.6) is 0 Å². The fraction of sp³-hybridized carbons (Fsp3) is 0.485. The molecular formula is C33H46IN8O6-. The summed E-state index contributed by atoms with van der Waals surface area (Å²) in [6.07, 6.45) is 6.47. The van der Waals surface area contributed by atoms with Gasteiger partial charge in [-0.15, -0.1) is 0 Å². The first-order chi connectivity index (χ1) is 23.2. The summed E-state index contributed by atoms with van der Waals surface area (Å²) in [6.45, 7) is 11.5. The molecule has 0 saturated heterocycles. The van der Waals surface area contributed by atoms with Gasteiger partial charge in [-0.3, -0.25) is 0 Å². The van der Waals surface area contributed by atoms with E-state index >= 15 is 0 Å². The van der Waals surface area contributed by atoms with Crippen molar-refractivity contribution in [3.8, 4) is 11.3 Å². The van der Waals surface area contributed by atoms with Crippen LogP contribution < -0.4 is 37.4 Å². The van der Waals surface area contributed by atoms with Crippen LogP contribution in [0.2, 0.25) is 0 Å². The average Bonchev–Trinajstić information content (AvgIpc) is 3.69. The van der Waals surface area contributed by atoms with E-state index in [1.54, 1.807) is 12.1 Å². The molecule has 0 bridgehead atoms. The minimum atomic E-state index is -0.527. The van der Waals surface area contributed by atoms with Crippen molar-refractivity contribution >= 4 is 34.7 Å². The normalized spacial score (nSPS) is 11.6. The van der Waals surface area contributed by atoms with E-state index < -0.39 is 11.7 Å². The summed E-state index contributed by atoms with van der Waals surface area (Å²) in [5.74, 6) is 0.296. The number of hydrogen-bond acceptors (Lipinski definition) is 10. The van der Waals surface area contributed by atoms with Crippen LogP contribution in [0.1, 0.15) is 44.5 Å². The second kappa shape index (κ2) is 18.7. The number of anilines is 2. The summed E-state index contributed by atoms with van der Waals surface area (Å²) in [5.41, 5.74) is 3.45. The number of alkyl halides is 1. The number of ether oxygens (including phenoxy) is 4. The number of aryl methyl sites for hydroxylation is 1. The van der Waals surface area contributed by atoms with Crippen LogP contribution in [-0.2, 0) is 25.5 Å². The number of nitrogens with zero attached hydrogens (tertiary/aromatic N) is 5. The van der Waals surface area contributed by atoms with Crippen LogP contribution in [0.3, 0.4) is 0 Å². The van der Waals surface area contributed by atoms with Crippen LogP contribution in [0.4, 0.5) is 16.4 Å². The van der Waals surface area contributed by atoms with Crippen LogP contribution >= 0.6 is 0 Å². The molecule has 3 heterocycles. The topological polar surface area (TPSA) is 156 Å². The molecule has 0 saturated carbocycles. The molecule has 4 aromatic rings. The van der Waals surface area contributed by atoms with Crippen molar-refractivity contribution in [2.75, 3.05) is 63.0 Å². The van der Waals surface area contributed by atoms with E-state index in [4.69, 9.17) is 28.9 Å². The summed E-state index contributed by atoms with van der Waals surface area (Å²) >= 11 is -0.243. The number of carbonyl (C=O) groups is 2. The Labute approximate surface area is 291 Å². The van der Waals surface area contributed by atoms with Crippen molar-refractivity contribution in [2.24, 2.45) is 0 Å². The SMILES string of the molecule is CCCn1cc(-c2nc(Nc3ccc(C(=O)NCCOCCOCCOCCNC(=O)OC(C)(C)C)cc3)nc3c2ccn3[I-]C)cn1. The van der Waals surface area contributed by atoms with Gasteiger partial charge in [0.25, 0.3) is 0 Å². The summed E-state index contributed by atoms with van der Waals surface area (Å²) in [4.78, 5) is 36.1. The van der Waals surface area contributed by atoms with Gasteiger partial charge in [-0.05, 0) is 20.8 Å². The predicted octanol–water partition coefficient (Wildman–Crippen LogP) is 1.23. The first-order valence-corrected chi connectivity index (χ1v) is 19.1. The van der Waals surface area contributed by atoms with Gasteiger partial charge in [0.2, 0.25) is 0 Å². The van der Waals surface area contributed by atoms with E-state index in [0.29, 0.717) is 64.2 Å². The second-order valence-corrected chi connectivity index (χ2v) is 13.6. The van der Waals surface area contributed by atoms with Gasteiger partial charge < -0.3 is 24.3 Å². The number of alkyl carbamates (subject to hydrolysis) is 1. The molecule has 0 unspecified atom stereocenters. The third-order valence-corrected chi connectivity index (χ3v) is 8.45. The monoisotopic (exact) mass is 777 g/mol. The molecule has 2 amide bonds. The first kappa shape index (κ1) is 37.0. The predicted molar refractivity (Wildman–Crippen MR) is 179 cm³/mol. The van der Waals surface area contributed by atoms with Gasteiger partial charge in [0.15, 0.2) is 0 Å². The second-order valence-electron chi connectivity index (χ2n) is 11.6. The Kier molecular flexibility index (Phi) is 14.4. The molecule has 0 atom stereocenters. The number of rotatable bonds is 19. The summed E-state index contributed by atoms with van der Waals surface area (Å²) < 4.78 is 25.7. The first-order valence-electron chi connectivity index (χ1n) is 15.9. The Balaban J connectivity index is 1.14. The molecule has 0 spiro atoms. The molecule has 4 rings (SSSR count). The van der Waals surface area contributed by atoms with Crippen LogP contribution in [-0.4, -0.2) is 97.8 Å². The number of carbonyl (C=O) groups excluding carboxylic acids is 2. The van der Waals surface area contributed by atoms with Crippen LogP contribution in [0, 0.1) is 0 Å². The maximum absolute atomic E-state index is 12.6. The molecular weight excluding hydrogens is 731 g/mol.